The van der Waals surface area contributed by atoms with Crippen molar-refractivity contribution in [2.24, 2.45) is 10.7 Å². The fourth-order valence-electron chi connectivity index (χ4n) is 4.36. The van der Waals surface area contributed by atoms with Crippen LogP contribution in [-0.2, 0) is 19.9 Å². The number of nitrogens with zero attached hydrogens (tertiary/aromatic N) is 3. The highest BCUT2D eigenvalue weighted by atomic mass is 19.1. The fourth-order valence-corrected chi connectivity index (χ4v) is 4.36. The number of hydrogen-bond acceptors (Lipinski definition) is 8. The Bertz CT molecular complexity index is 1270. The monoisotopic (exact) mass is 495 g/mol. The standard InChI is InChI=1S/C24H26FN7O4/c25-15-5-6-18(19(13-15)36-12-9-32-7-10-35-11-8-32)29-21(33)20-24(22(26)34,28-14-27-20)23-30-16-3-1-2-4-17(16)31-23/h1-6,13-14,20H,7-12H2,(H2,26,34)(H,27,28)(H,29,33)(H,30,31). The predicted octanol–water partition coefficient (Wildman–Crippen LogP) is 0.732. The number of H-pyrrole nitrogens is 1. The third-order valence-corrected chi connectivity index (χ3v) is 6.30. The third kappa shape index (κ3) is 4.48. The van der Waals surface area contributed by atoms with Crippen molar-refractivity contribution in [2.75, 3.05) is 44.8 Å². The van der Waals surface area contributed by atoms with Crippen molar-refractivity contribution in [1.82, 2.24) is 20.2 Å². The lowest BCUT2D eigenvalue weighted by Crippen LogP contribution is -2.59. The van der Waals surface area contributed by atoms with Gasteiger partial charge in [-0.15, -0.1) is 0 Å². The van der Waals surface area contributed by atoms with Gasteiger partial charge in [0.05, 0.1) is 36.3 Å². The summed E-state index contributed by atoms with van der Waals surface area (Å²) in [5, 5.41) is 5.54. The molecule has 1 aromatic heterocycles. The molecule has 12 heteroatoms. The van der Waals surface area contributed by atoms with Gasteiger partial charge in [-0.1, -0.05) is 12.1 Å². The number of ether oxygens (including phenoxy) is 2. The number of fused-ring (bicyclic) bond motifs is 1. The number of morpholine rings is 1. The molecule has 2 aromatic carbocycles. The van der Waals surface area contributed by atoms with Crippen LogP contribution in [0.5, 0.6) is 5.75 Å². The van der Waals surface area contributed by atoms with Crippen molar-refractivity contribution in [2.45, 2.75) is 11.6 Å². The zero-order valence-electron chi connectivity index (χ0n) is 19.4. The molecule has 1 fully saturated rings. The Labute approximate surface area is 205 Å². The van der Waals surface area contributed by atoms with Crippen molar-refractivity contribution in [1.29, 1.82) is 0 Å². The minimum Gasteiger partial charge on any atom is -0.490 e. The Morgan fingerprint density at radius 3 is 2.83 bits per heavy atom. The molecule has 5 rings (SSSR count). The molecule has 3 aromatic rings. The summed E-state index contributed by atoms with van der Waals surface area (Å²) in [5.41, 5.74) is 5.58. The number of hydrogen-bond donors (Lipinski definition) is 4. The minimum absolute atomic E-state index is 0.162. The Morgan fingerprint density at radius 1 is 1.25 bits per heavy atom. The number of nitrogens with two attached hydrogens (primary N) is 1. The summed E-state index contributed by atoms with van der Waals surface area (Å²) in [6.07, 6.45) is 1.26. The van der Waals surface area contributed by atoms with E-state index in [-0.39, 0.29) is 17.3 Å². The third-order valence-electron chi connectivity index (χ3n) is 6.30. The number of aromatic nitrogens is 2. The van der Waals surface area contributed by atoms with Crippen LogP contribution >= 0.6 is 0 Å². The van der Waals surface area contributed by atoms with Crippen molar-refractivity contribution in [3.8, 4) is 5.75 Å². The largest absolute Gasteiger partial charge is 0.490 e. The summed E-state index contributed by atoms with van der Waals surface area (Å²) < 4.78 is 25.1. The number of primary amides is 1. The average Bonchev–Trinajstić information content (AvgIpc) is 3.52. The maximum Gasteiger partial charge on any atom is 0.253 e. The van der Waals surface area contributed by atoms with Gasteiger partial charge in [0, 0.05) is 25.7 Å². The number of amides is 2. The van der Waals surface area contributed by atoms with Crippen LogP contribution in [0.4, 0.5) is 10.1 Å². The number of aromatic amines is 1. The van der Waals surface area contributed by atoms with E-state index in [0.717, 1.165) is 13.1 Å². The molecule has 2 aliphatic heterocycles. The van der Waals surface area contributed by atoms with Gasteiger partial charge >= 0.3 is 0 Å². The first-order chi connectivity index (χ1) is 17.5. The second-order valence-electron chi connectivity index (χ2n) is 8.53. The number of aliphatic imine (C=N–C) groups is 1. The molecule has 0 radical (unpaired) electrons. The molecule has 5 N–H and O–H groups in total. The zero-order valence-corrected chi connectivity index (χ0v) is 19.4. The molecule has 36 heavy (non-hydrogen) atoms. The predicted molar refractivity (Wildman–Crippen MR) is 130 cm³/mol. The summed E-state index contributed by atoms with van der Waals surface area (Å²) >= 11 is 0. The van der Waals surface area contributed by atoms with Gasteiger partial charge in [0.2, 0.25) is 5.54 Å². The molecule has 3 heterocycles. The van der Waals surface area contributed by atoms with E-state index in [4.69, 9.17) is 15.2 Å². The van der Waals surface area contributed by atoms with Gasteiger partial charge in [-0.3, -0.25) is 19.5 Å². The Kier molecular flexibility index (Phi) is 6.53. The average molecular weight is 496 g/mol. The van der Waals surface area contributed by atoms with Crippen molar-refractivity contribution < 1.29 is 23.5 Å². The first kappa shape index (κ1) is 23.7. The summed E-state index contributed by atoms with van der Waals surface area (Å²) in [6, 6.07) is 9.73. The first-order valence-electron chi connectivity index (χ1n) is 11.5. The fraction of sp³-hybridized carbons (Fsp3) is 0.333. The van der Waals surface area contributed by atoms with Gasteiger partial charge in [0.15, 0.2) is 6.04 Å². The van der Waals surface area contributed by atoms with Gasteiger partial charge in [0.25, 0.3) is 11.8 Å². The van der Waals surface area contributed by atoms with E-state index >= 15 is 0 Å². The van der Waals surface area contributed by atoms with Crippen molar-refractivity contribution in [3.05, 3.63) is 54.1 Å². The van der Waals surface area contributed by atoms with Gasteiger partial charge in [-0.2, -0.15) is 0 Å². The zero-order chi connectivity index (χ0) is 25.1. The van der Waals surface area contributed by atoms with Crippen molar-refractivity contribution in [3.63, 3.8) is 0 Å². The maximum atomic E-state index is 14.0. The number of rotatable bonds is 8. The molecule has 0 aliphatic carbocycles. The summed E-state index contributed by atoms with van der Waals surface area (Å²) in [6.45, 7) is 3.81. The smallest absolute Gasteiger partial charge is 0.253 e. The van der Waals surface area contributed by atoms with E-state index in [1.165, 1.54) is 24.5 Å². The highest BCUT2D eigenvalue weighted by Gasteiger charge is 2.54. The first-order valence-corrected chi connectivity index (χ1v) is 11.5. The summed E-state index contributed by atoms with van der Waals surface area (Å²) in [7, 11) is 0. The van der Waals surface area contributed by atoms with E-state index in [9.17, 15) is 14.0 Å². The van der Waals surface area contributed by atoms with Crippen LogP contribution in [0.25, 0.3) is 11.0 Å². The van der Waals surface area contributed by atoms with Crippen LogP contribution in [-0.4, -0.2) is 78.5 Å². The van der Waals surface area contributed by atoms with E-state index in [2.05, 4.69) is 30.5 Å². The SMILES string of the molecule is NC(=O)C1(c2nc3ccccc3[nH]2)NC=NC1C(=O)Nc1ccc(F)cc1OCCN1CCOCC1. The van der Waals surface area contributed by atoms with Crippen molar-refractivity contribution >= 4 is 34.9 Å². The molecule has 2 amide bonds. The van der Waals surface area contributed by atoms with Crippen LogP contribution in [0.3, 0.4) is 0 Å². The minimum atomic E-state index is -1.74. The second kappa shape index (κ2) is 9.91. The molecule has 0 bridgehead atoms. The van der Waals surface area contributed by atoms with Gasteiger partial charge < -0.3 is 30.8 Å². The molecule has 0 saturated carbocycles. The lowest BCUT2D eigenvalue weighted by atomic mass is 9.88. The number of para-hydroxylation sites is 2. The second-order valence-corrected chi connectivity index (χ2v) is 8.53. The quantitative estimate of drug-likeness (QED) is 0.360. The van der Waals surface area contributed by atoms with Crippen LogP contribution in [0, 0.1) is 5.82 Å². The normalized spacial score (nSPS) is 21.9. The molecule has 188 valence electrons. The molecule has 0 spiro atoms. The molecule has 11 nitrogen and oxygen atoms in total. The Hall–Kier alpha value is -4.03. The summed E-state index contributed by atoms with van der Waals surface area (Å²) in [4.78, 5) is 40.0. The number of benzene rings is 2. The molecular weight excluding hydrogens is 469 g/mol. The molecule has 2 atom stereocenters. The van der Waals surface area contributed by atoms with Crippen LogP contribution in [0.1, 0.15) is 5.82 Å². The molecular formula is C24H26FN7O4. The summed E-state index contributed by atoms with van der Waals surface area (Å²) in [5.74, 6) is -1.65. The number of nitrogens with one attached hydrogen (secondary N) is 3. The van der Waals surface area contributed by atoms with E-state index in [0.29, 0.717) is 37.4 Å². The number of carbonyl (C=O) groups excluding carboxylic acids is 2. The Morgan fingerprint density at radius 2 is 2.06 bits per heavy atom. The maximum absolute atomic E-state index is 14.0. The van der Waals surface area contributed by atoms with Gasteiger partial charge in [-0.05, 0) is 24.3 Å². The number of carbonyl (C=O) groups is 2. The highest BCUT2D eigenvalue weighted by molar-refractivity contribution is 6.05. The Balaban J connectivity index is 1.36. The van der Waals surface area contributed by atoms with Gasteiger partial charge in [0.1, 0.15) is 24.0 Å². The lowest BCUT2D eigenvalue weighted by Gasteiger charge is -2.29. The van der Waals surface area contributed by atoms with E-state index in [1.54, 1.807) is 12.1 Å². The number of halogens is 1. The van der Waals surface area contributed by atoms with Crippen LogP contribution in [0.2, 0.25) is 0 Å². The lowest BCUT2D eigenvalue weighted by molar-refractivity contribution is -0.129. The number of imidazole rings is 1. The van der Waals surface area contributed by atoms with Crippen LogP contribution < -0.4 is 21.1 Å². The van der Waals surface area contributed by atoms with E-state index < -0.39 is 29.2 Å². The topological polar surface area (TPSA) is 147 Å². The van der Waals surface area contributed by atoms with E-state index in [1.807, 2.05) is 12.1 Å². The molecule has 2 aliphatic rings. The van der Waals surface area contributed by atoms with Gasteiger partial charge in [-0.25, -0.2) is 9.37 Å². The highest BCUT2D eigenvalue weighted by Crippen LogP contribution is 2.32. The molecule has 1 saturated heterocycles. The van der Waals surface area contributed by atoms with Crippen LogP contribution in [0.15, 0.2) is 47.5 Å². The molecule has 2 unspecified atom stereocenters. The number of anilines is 1.